The smallest absolute Gasteiger partial charge is 0.152 e. The number of carbonyl (C=O) groups is 1. The molecule has 0 saturated carbocycles. The van der Waals surface area contributed by atoms with Gasteiger partial charge < -0.3 is 4.90 Å². The zero-order valence-electron chi connectivity index (χ0n) is 7.62. The van der Waals surface area contributed by atoms with E-state index in [4.69, 9.17) is 0 Å². The van der Waals surface area contributed by atoms with Gasteiger partial charge in [-0.1, -0.05) is 0 Å². The first-order chi connectivity index (χ1) is 6.27. The molecule has 70 valence electrons. The Morgan fingerprint density at radius 1 is 1.62 bits per heavy atom. The number of hydrogen-bond donors (Lipinski definition) is 0. The number of thiazole rings is 1. The number of piperidine rings is 1. The van der Waals surface area contributed by atoms with Crippen LogP contribution in [-0.4, -0.2) is 23.9 Å². The zero-order chi connectivity index (χ0) is 9.26. The number of carbonyl (C=O) groups excluding carboxylic acids is 1. The molecular weight excluding hydrogens is 184 g/mol. The molecule has 2 rings (SSSR count). The topological polar surface area (TPSA) is 33.2 Å². The molecule has 0 aromatic carbocycles. The van der Waals surface area contributed by atoms with E-state index in [0.29, 0.717) is 12.3 Å². The summed E-state index contributed by atoms with van der Waals surface area (Å²) in [5, 5.41) is 1.16. The number of hydrogen-bond acceptors (Lipinski definition) is 4. The molecule has 1 fully saturated rings. The van der Waals surface area contributed by atoms with Crippen LogP contribution < -0.4 is 4.90 Å². The minimum Gasteiger partial charge on any atom is -0.355 e. The molecule has 1 aliphatic rings. The van der Waals surface area contributed by atoms with Crippen LogP contribution in [-0.2, 0) is 4.79 Å². The summed E-state index contributed by atoms with van der Waals surface area (Å²) in [5.41, 5.74) is 2.88. The van der Waals surface area contributed by atoms with Crippen LogP contribution >= 0.6 is 11.3 Å². The Morgan fingerprint density at radius 3 is 3.08 bits per heavy atom. The SMILES string of the molecule is Cc1ncsc1N1CCCC(=O)C1. The molecule has 3 nitrogen and oxygen atoms in total. The van der Waals surface area contributed by atoms with Crippen molar-refractivity contribution < 1.29 is 4.79 Å². The van der Waals surface area contributed by atoms with E-state index in [2.05, 4.69) is 9.88 Å². The Labute approximate surface area is 81.4 Å². The van der Waals surface area contributed by atoms with Crippen LogP contribution in [0.1, 0.15) is 18.5 Å². The minimum absolute atomic E-state index is 0.346. The van der Waals surface area contributed by atoms with Gasteiger partial charge in [-0.05, 0) is 13.3 Å². The van der Waals surface area contributed by atoms with Crippen molar-refractivity contribution in [1.82, 2.24) is 4.98 Å². The number of ketones is 1. The Balaban J connectivity index is 2.17. The summed E-state index contributed by atoms with van der Waals surface area (Å²) < 4.78 is 0. The van der Waals surface area contributed by atoms with Crippen molar-refractivity contribution in [2.24, 2.45) is 0 Å². The summed E-state index contributed by atoms with van der Waals surface area (Å²) in [6.45, 7) is 3.56. The first-order valence-corrected chi connectivity index (χ1v) is 5.32. The van der Waals surface area contributed by atoms with Gasteiger partial charge in [-0.25, -0.2) is 4.98 Å². The average molecular weight is 196 g/mol. The molecule has 1 aromatic heterocycles. The Hall–Kier alpha value is -0.900. The van der Waals surface area contributed by atoms with Crippen molar-refractivity contribution in [2.75, 3.05) is 18.0 Å². The van der Waals surface area contributed by atoms with Gasteiger partial charge in [-0.2, -0.15) is 0 Å². The number of aromatic nitrogens is 1. The molecule has 0 unspecified atom stereocenters. The molecule has 0 radical (unpaired) electrons. The fraction of sp³-hybridized carbons (Fsp3) is 0.556. The van der Waals surface area contributed by atoms with E-state index in [-0.39, 0.29) is 0 Å². The van der Waals surface area contributed by atoms with E-state index >= 15 is 0 Å². The van der Waals surface area contributed by atoms with Crippen LogP contribution in [0.15, 0.2) is 5.51 Å². The lowest BCUT2D eigenvalue weighted by Crippen LogP contribution is -2.35. The van der Waals surface area contributed by atoms with Gasteiger partial charge in [0.1, 0.15) is 5.00 Å². The third-order valence-corrected chi connectivity index (χ3v) is 3.25. The Kier molecular flexibility index (Phi) is 2.31. The van der Waals surface area contributed by atoms with Crippen LogP contribution in [0, 0.1) is 6.92 Å². The Morgan fingerprint density at radius 2 is 2.46 bits per heavy atom. The lowest BCUT2D eigenvalue weighted by molar-refractivity contribution is -0.118. The van der Waals surface area contributed by atoms with E-state index in [0.717, 1.165) is 30.1 Å². The molecule has 0 spiro atoms. The number of Topliss-reactive ketones (excluding diaryl/α,β-unsaturated/α-hetero) is 1. The van der Waals surface area contributed by atoms with Gasteiger partial charge >= 0.3 is 0 Å². The van der Waals surface area contributed by atoms with E-state index in [1.165, 1.54) is 0 Å². The highest BCUT2D eigenvalue weighted by Crippen LogP contribution is 2.26. The molecule has 1 aromatic rings. The maximum absolute atomic E-state index is 11.2. The summed E-state index contributed by atoms with van der Waals surface area (Å²) in [4.78, 5) is 17.5. The summed E-state index contributed by atoms with van der Waals surface area (Å²) >= 11 is 1.62. The van der Waals surface area contributed by atoms with Gasteiger partial charge in [0.25, 0.3) is 0 Å². The first-order valence-electron chi connectivity index (χ1n) is 4.44. The highest BCUT2D eigenvalue weighted by Gasteiger charge is 2.19. The summed E-state index contributed by atoms with van der Waals surface area (Å²) in [7, 11) is 0. The monoisotopic (exact) mass is 196 g/mol. The summed E-state index contributed by atoms with van der Waals surface area (Å²) in [6.07, 6.45) is 1.73. The molecule has 2 heterocycles. The highest BCUT2D eigenvalue weighted by molar-refractivity contribution is 7.14. The second-order valence-corrected chi connectivity index (χ2v) is 4.14. The fourth-order valence-electron chi connectivity index (χ4n) is 1.61. The van der Waals surface area contributed by atoms with Crippen LogP contribution in [0.4, 0.5) is 5.00 Å². The standard InChI is InChI=1S/C9H12N2OS/c1-7-9(13-6-10-7)11-4-2-3-8(12)5-11/h6H,2-5H2,1H3. The fourth-order valence-corrected chi connectivity index (χ4v) is 2.45. The van der Waals surface area contributed by atoms with Gasteiger partial charge in [0.05, 0.1) is 17.7 Å². The van der Waals surface area contributed by atoms with Crippen molar-refractivity contribution in [2.45, 2.75) is 19.8 Å². The van der Waals surface area contributed by atoms with E-state index in [9.17, 15) is 4.79 Å². The van der Waals surface area contributed by atoms with Gasteiger partial charge in [-0.3, -0.25) is 4.79 Å². The van der Waals surface area contributed by atoms with Gasteiger partial charge in [0.15, 0.2) is 5.78 Å². The lowest BCUT2D eigenvalue weighted by atomic mass is 10.1. The second kappa shape index (κ2) is 3.46. The predicted molar refractivity (Wildman–Crippen MR) is 53.3 cm³/mol. The van der Waals surface area contributed by atoms with Crippen molar-refractivity contribution in [1.29, 1.82) is 0 Å². The van der Waals surface area contributed by atoms with Crippen LogP contribution in [0.2, 0.25) is 0 Å². The molecule has 0 N–H and O–H groups in total. The van der Waals surface area contributed by atoms with Crippen molar-refractivity contribution in [3.63, 3.8) is 0 Å². The van der Waals surface area contributed by atoms with Crippen LogP contribution in [0.5, 0.6) is 0 Å². The van der Waals surface area contributed by atoms with Crippen LogP contribution in [0.3, 0.4) is 0 Å². The van der Waals surface area contributed by atoms with Crippen molar-refractivity contribution in [3.05, 3.63) is 11.2 Å². The van der Waals surface area contributed by atoms with Gasteiger partial charge in [0, 0.05) is 13.0 Å². The number of nitrogens with zero attached hydrogens (tertiary/aromatic N) is 2. The molecule has 4 heteroatoms. The lowest BCUT2D eigenvalue weighted by Gasteiger charge is -2.26. The number of anilines is 1. The molecule has 0 atom stereocenters. The maximum Gasteiger partial charge on any atom is 0.152 e. The molecule has 0 bridgehead atoms. The normalized spacial score (nSPS) is 17.9. The van der Waals surface area contributed by atoms with Crippen molar-refractivity contribution >= 4 is 22.1 Å². The maximum atomic E-state index is 11.2. The molecule has 1 aliphatic heterocycles. The van der Waals surface area contributed by atoms with E-state index in [1.807, 2.05) is 12.4 Å². The third-order valence-electron chi connectivity index (χ3n) is 2.26. The second-order valence-electron chi connectivity index (χ2n) is 3.31. The first kappa shape index (κ1) is 8.69. The Bertz CT molecular complexity index is 321. The minimum atomic E-state index is 0.346. The predicted octanol–water partition coefficient (Wildman–Crippen LogP) is 1.62. The van der Waals surface area contributed by atoms with Crippen molar-refractivity contribution in [3.8, 4) is 0 Å². The molecular formula is C9H12N2OS. The average Bonchev–Trinajstić information content (AvgIpc) is 2.51. The van der Waals surface area contributed by atoms with Gasteiger partial charge in [0.2, 0.25) is 0 Å². The van der Waals surface area contributed by atoms with Crippen LogP contribution in [0.25, 0.3) is 0 Å². The number of aryl methyl sites for hydroxylation is 1. The highest BCUT2D eigenvalue weighted by atomic mass is 32.1. The number of rotatable bonds is 1. The summed E-state index contributed by atoms with van der Waals surface area (Å²) in [5.74, 6) is 0.346. The molecule has 1 saturated heterocycles. The largest absolute Gasteiger partial charge is 0.355 e. The molecule has 0 amide bonds. The van der Waals surface area contributed by atoms with E-state index < -0.39 is 0 Å². The van der Waals surface area contributed by atoms with E-state index in [1.54, 1.807) is 11.3 Å². The molecule has 0 aliphatic carbocycles. The third kappa shape index (κ3) is 1.72. The van der Waals surface area contributed by atoms with Gasteiger partial charge in [-0.15, -0.1) is 11.3 Å². The zero-order valence-corrected chi connectivity index (χ0v) is 8.43. The quantitative estimate of drug-likeness (QED) is 0.684. The summed E-state index contributed by atoms with van der Waals surface area (Å²) in [6, 6.07) is 0. The molecule has 13 heavy (non-hydrogen) atoms.